The summed E-state index contributed by atoms with van der Waals surface area (Å²) in [4.78, 5) is 28.2. The van der Waals surface area contributed by atoms with Gasteiger partial charge in [0.25, 0.3) is 5.56 Å². The molecule has 0 radical (unpaired) electrons. The van der Waals surface area contributed by atoms with Crippen LogP contribution in [-0.2, 0) is 27.4 Å². The van der Waals surface area contributed by atoms with E-state index < -0.39 is 39.0 Å². The molecular formula is C21H18F4N4O4S. The van der Waals surface area contributed by atoms with Crippen LogP contribution in [0.4, 0.5) is 29.1 Å². The van der Waals surface area contributed by atoms with E-state index in [9.17, 15) is 35.6 Å². The van der Waals surface area contributed by atoms with Crippen LogP contribution in [0.5, 0.6) is 0 Å². The molecular weight excluding hydrogens is 480 g/mol. The first-order valence-electron chi connectivity index (χ1n) is 9.65. The first-order chi connectivity index (χ1) is 15.8. The van der Waals surface area contributed by atoms with Crippen molar-refractivity contribution in [2.45, 2.75) is 19.0 Å². The van der Waals surface area contributed by atoms with Gasteiger partial charge in [0.1, 0.15) is 5.82 Å². The summed E-state index contributed by atoms with van der Waals surface area (Å²) >= 11 is 0. The lowest BCUT2D eigenvalue weighted by atomic mass is 10.1. The number of aromatic nitrogens is 2. The van der Waals surface area contributed by atoms with E-state index in [1.54, 1.807) is 24.3 Å². The standard InChI is InChI=1S/C21H18F4N4O4S/c1-34(32,33)28-18(30)9-4-13-2-6-15(7-3-13)29-11-10-26-19(20(29)31)27-17-8-5-14(12-16(17)22)21(23,24)25/h2-3,5-8,10-12H,4,9H2,1H3,(H,26,27)(H,28,30). The average molecular weight is 498 g/mol. The smallest absolute Gasteiger partial charge is 0.333 e. The van der Waals surface area contributed by atoms with Gasteiger partial charge in [-0.15, -0.1) is 0 Å². The maximum Gasteiger partial charge on any atom is 0.416 e. The van der Waals surface area contributed by atoms with Crippen LogP contribution in [-0.4, -0.2) is 30.1 Å². The predicted molar refractivity (Wildman–Crippen MR) is 116 cm³/mol. The molecule has 0 atom stereocenters. The van der Waals surface area contributed by atoms with Crippen molar-refractivity contribution in [1.82, 2.24) is 14.3 Å². The Morgan fingerprint density at radius 3 is 2.38 bits per heavy atom. The van der Waals surface area contributed by atoms with Crippen molar-refractivity contribution >= 4 is 27.4 Å². The summed E-state index contributed by atoms with van der Waals surface area (Å²) in [5.41, 5.74) is -1.07. The number of nitrogens with zero attached hydrogens (tertiary/aromatic N) is 2. The molecule has 1 heterocycles. The number of hydrogen-bond acceptors (Lipinski definition) is 6. The highest BCUT2D eigenvalue weighted by Gasteiger charge is 2.31. The minimum atomic E-state index is -4.71. The molecule has 180 valence electrons. The van der Waals surface area contributed by atoms with Crippen molar-refractivity contribution in [2.24, 2.45) is 0 Å². The molecule has 1 amide bonds. The summed E-state index contributed by atoms with van der Waals surface area (Å²) in [6.07, 6.45) is -1.02. The first-order valence-corrected chi connectivity index (χ1v) is 11.5. The zero-order chi connectivity index (χ0) is 25.1. The highest BCUT2D eigenvalue weighted by atomic mass is 32.2. The number of hydrogen-bond donors (Lipinski definition) is 2. The second-order valence-corrected chi connectivity index (χ2v) is 8.98. The number of rotatable bonds is 7. The molecule has 3 rings (SSSR count). The maximum atomic E-state index is 14.1. The number of sulfonamides is 1. The van der Waals surface area contributed by atoms with Crippen molar-refractivity contribution in [3.05, 3.63) is 82.2 Å². The Bertz CT molecular complexity index is 1370. The molecule has 0 spiro atoms. The van der Waals surface area contributed by atoms with Gasteiger partial charge in [-0.3, -0.25) is 18.9 Å². The molecule has 2 aromatic carbocycles. The van der Waals surface area contributed by atoms with E-state index in [0.29, 0.717) is 23.4 Å². The fraction of sp³-hybridized carbons (Fsp3) is 0.190. The van der Waals surface area contributed by atoms with Crippen molar-refractivity contribution in [3.8, 4) is 5.69 Å². The van der Waals surface area contributed by atoms with E-state index in [1.165, 1.54) is 17.0 Å². The number of nitrogens with one attached hydrogen (secondary N) is 2. The van der Waals surface area contributed by atoms with E-state index in [2.05, 4.69) is 10.3 Å². The lowest BCUT2D eigenvalue weighted by Crippen LogP contribution is -2.29. The molecule has 0 aliphatic heterocycles. The van der Waals surface area contributed by atoms with Crippen molar-refractivity contribution in [1.29, 1.82) is 0 Å². The second kappa shape index (κ2) is 9.63. The number of anilines is 2. The van der Waals surface area contributed by atoms with Gasteiger partial charge < -0.3 is 5.32 Å². The topological polar surface area (TPSA) is 110 Å². The Morgan fingerprint density at radius 1 is 1.12 bits per heavy atom. The third-order valence-corrected chi connectivity index (χ3v) is 5.14. The number of alkyl halides is 3. The molecule has 3 aromatic rings. The molecule has 8 nitrogen and oxygen atoms in total. The number of halogens is 4. The number of carbonyl (C=O) groups excluding carboxylic acids is 1. The molecule has 0 fully saturated rings. The van der Waals surface area contributed by atoms with Gasteiger partial charge in [-0.25, -0.2) is 17.8 Å². The quantitative estimate of drug-likeness (QED) is 0.485. The van der Waals surface area contributed by atoms with Crippen LogP contribution >= 0.6 is 0 Å². The molecule has 0 saturated carbocycles. The van der Waals surface area contributed by atoms with Crippen molar-refractivity contribution in [2.75, 3.05) is 11.6 Å². The minimum Gasteiger partial charge on any atom is -0.333 e. The van der Waals surface area contributed by atoms with Gasteiger partial charge in [0.15, 0.2) is 5.82 Å². The molecule has 0 unspecified atom stereocenters. The van der Waals surface area contributed by atoms with E-state index in [-0.39, 0.29) is 24.3 Å². The predicted octanol–water partition coefficient (Wildman–Crippen LogP) is 3.14. The summed E-state index contributed by atoms with van der Waals surface area (Å²) in [5.74, 6) is -2.15. The van der Waals surface area contributed by atoms with E-state index in [4.69, 9.17) is 0 Å². The number of benzene rings is 2. The monoisotopic (exact) mass is 498 g/mol. The van der Waals surface area contributed by atoms with Gasteiger partial charge in [-0.2, -0.15) is 13.2 Å². The highest BCUT2D eigenvalue weighted by molar-refractivity contribution is 7.89. The fourth-order valence-electron chi connectivity index (χ4n) is 2.96. The number of amides is 1. The van der Waals surface area contributed by atoms with Crippen LogP contribution in [0.25, 0.3) is 5.69 Å². The van der Waals surface area contributed by atoms with Crippen molar-refractivity contribution < 1.29 is 30.8 Å². The lowest BCUT2D eigenvalue weighted by Gasteiger charge is -2.12. The molecule has 0 saturated heterocycles. The van der Waals surface area contributed by atoms with Crippen LogP contribution in [0.3, 0.4) is 0 Å². The Kier molecular flexibility index (Phi) is 7.05. The minimum absolute atomic E-state index is 0.0611. The summed E-state index contributed by atoms with van der Waals surface area (Å²) < 4.78 is 77.5. The SMILES string of the molecule is CS(=O)(=O)NC(=O)CCc1ccc(-n2ccnc(Nc3ccc(C(F)(F)F)cc3F)c2=O)cc1. The Balaban J connectivity index is 1.76. The molecule has 34 heavy (non-hydrogen) atoms. The molecule has 1 aromatic heterocycles. The van der Waals surface area contributed by atoms with Crippen LogP contribution in [0, 0.1) is 5.82 Å². The maximum absolute atomic E-state index is 14.1. The van der Waals surface area contributed by atoms with Crippen LogP contribution in [0.2, 0.25) is 0 Å². The zero-order valence-electron chi connectivity index (χ0n) is 17.6. The number of carbonyl (C=O) groups is 1. The Labute approximate surface area is 191 Å². The summed E-state index contributed by atoms with van der Waals surface area (Å²) in [5, 5.41) is 2.41. The second-order valence-electron chi connectivity index (χ2n) is 7.23. The van der Waals surface area contributed by atoms with E-state index in [0.717, 1.165) is 12.3 Å². The lowest BCUT2D eigenvalue weighted by molar-refractivity contribution is -0.137. The van der Waals surface area contributed by atoms with Gasteiger partial charge in [0.2, 0.25) is 15.9 Å². The molecule has 0 aliphatic carbocycles. The van der Waals surface area contributed by atoms with Gasteiger partial charge in [-0.05, 0) is 42.3 Å². The molecule has 13 heteroatoms. The van der Waals surface area contributed by atoms with Crippen molar-refractivity contribution in [3.63, 3.8) is 0 Å². The van der Waals surface area contributed by atoms with Crippen LogP contribution in [0.1, 0.15) is 17.5 Å². The number of aryl methyl sites for hydroxylation is 1. The van der Waals surface area contributed by atoms with E-state index >= 15 is 0 Å². The Morgan fingerprint density at radius 2 is 1.79 bits per heavy atom. The average Bonchev–Trinajstić information content (AvgIpc) is 2.73. The largest absolute Gasteiger partial charge is 0.416 e. The molecule has 0 bridgehead atoms. The zero-order valence-corrected chi connectivity index (χ0v) is 18.4. The fourth-order valence-corrected chi connectivity index (χ4v) is 3.48. The summed E-state index contributed by atoms with van der Waals surface area (Å²) in [7, 11) is -3.64. The first kappa shape index (κ1) is 24.9. The third kappa shape index (κ3) is 6.41. The van der Waals surface area contributed by atoms with Gasteiger partial charge in [0, 0.05) is 24.5 Å². The van der Waals surface area contributed by atoms with E-state index in [1.807, 2.05) is 4.72 Å². The summed E-state index contributed by atoms with van der Waals surface area (Å²) in [6, 6.07) is 8.30. The highest BCUT2D eigenvalue weighted by Crippen LogP contribution is 2.31. The van der Waals surface area contributed by atoms with Crippen LogP contribution in [0.15, 0.2) is 59.7 Å². The van der Waals surface area contributed by atoms with Gasteiger partial charge in [-0.1, -0.05) is 12.1 Å². The molecule has 2 N–H and O–H groups in total. The van der Waals surface area contributed by atoms with Gasteiger partial charge >= 0.3 is 6.18 Å². The normalized spacial score (nSPS) is 11.8. The summed E-state index contributed by atoms with van der Waals surface area (Å²) in [6.45, 7) is 0. The van der Waals surface area contributed by atoms with Gasteiger partial charge in [0.05, 0.1) is 17.5 Å². The Hall–Kier alpha value is -3.74. The molecule has 0 aliphatic rings. The van der Waals surface area contributed by atoms with Crippen LogP contribution < -0.4 is 15.6 Å². The third-order valence-electron chi connectivity index (χ3n) is 4.54.